The molecule has 0 aliphatic carbocycles. The summed E-state index contributed by atoms with van der Waals surface area (Å²) >= 11 is 5.86. The number of benzene rings is 1. The maximum atomic E-state index is 13.3. The lowest BCUT2D eigenvalue weighted by Crippen LogP contribution is -2.07. The molecule has 0 unspecified atom stereocenters. The van der Waals surface area contributed by atoms with E-state index in [0.717, 1.165) is 18.3 Å². The molecule has 18 heavy (non-hydrogen) atoms. The minimum Gasteiger partial charge on any atom is -0.478 e. The predicted octanol–water partition coefficient (Wildman–Crippen LogP) is 2.37. The van der Waals surface area contributed by atoms with Gasteiger partial charge in [-0.1, -0.05) is 11.6 Å². The van der Waals surface area contributed by atoms with Gasteiger partial charge in [-0.3, -0.25) is 4.99 Å². The quantitative estimate of drug-likeness (QED) is 0.825. The molecule has 0 aliphatic rings. The molecule has 0 atom stereocenters. The Labute approximate surface area is 109 Å². The van der Waals surface area contributed by atoms with Crippen LogP contribution < -0.4 is 5.73 Å². The summed E-state index contributed by atoms with van der Waals surface area (Å²) in [6.07, 6.45) is 1.13. The number of hydrogen-bond donors (Lipinski definition) is 2. The van der Waals surface area contributed by atoms with E-state index in [1.54, 1.807) is 6.92 Å². The van der Waals surface area contributed by atoms with Gasteiger partial charge in [0.25, 0.3) is 0 Å². The third-order valence-corrected chi connectivity index (χ3v) is 2.41. The van der Waals surface area contributed by atoms with Gasteiger partial charge < -0.3 is 10.8 Å². The average molecular weight is 271 g/mol. The first kappa shape index (κ1) is 14.2. The Kier molecular flexibility index (Phi) is 4.85. The molecule has 0 aromatic heterocycles. The second-order valence-corrected chi connectivity index (χ2v) is 3.78. The SMILES string of the molecule is CCN=C(C(Cl)=CN)c1cc(F)cc(C(=O)O)c1. The van der Waals surface area contributed by atoms with Crippen LogP contribution in [0.3, 0.4) is 0 Å². The molecule has 4 nitrogen and oxygen atoms in total. The van der Waals surface area contributed by atoms with E-state index in [1.807, 2.05) is 0 Å². The van der Waals surface area contributed by atoms with Gasteiger partial charge in [0, 0.05) is 18.3 Å². The fraction of sp³-hybridized carbons (Fsp3) is 0.167. The number of aromatic carboxylic acids is 1. The fourth-order valence-corrected chi connectivity index (χ4v) is 1.56. The zero-order valence-corrected chi connectivity index (χ0v) is 10.4. The number of carboxylic acid groups (broad SMARTS) is 1. The minimum absolute atomic E-state index is 0.138. The van der Waals surface area contributed by atoms with Gasteiger partial charge in [0.05, 0.1) is 16.3 Å². The summed E-state index contributed by atoms with van der Waals surface area (Å²) in [6, 6.07) is 3.38. The second-order valence-electron chi connectivity index (χ2n) is 3.37. The van der Waals surface area contributed by atoms with Crippen molar-refractivity contribution in [3.8, 4) is 0 Å². The number of allylic oxidation sites excluding steroid dienone is 1. The van der Waals surface area contributed by atoms with Crippen LogP contribution in [0.15, 0.2) is 34.4 Å². The Morgan fingerprint density at radius 1 is 1.50 bits per heavy atom. The molecule has 0 fully saturated rings. The van der Waals surface area contributed by atoms with Crippen LogP contribution in [0.2, 0.25) is 0 Å². The number of aliphatic imine (C=N–C) groups is 1. The molecule has 1 aromatic rings. The Morgan fingerprint density at radius 2 is 2.11 bits per heavy atom. The number of nitrogens with two attached hydrogens (primary N) is 1. The summed E-state index contributed by atoms with van der Waals surface area (Å²) in [4.78, 5) is 14.9. The van der Waals surface area contributed by atoms with Crippen molar-refractivity contribution in [3.63, 3.8) is 0 Å². The highest BCUT2D eigenvalue weighted by Gasteiger charge is 2.13. The van der Waals surface area contributed by atoms with E-state index in [9.17, 15) is 9.18 Å². The zero-order valence-electron chi connectivity index (χ0n) is 9.65. The Bertz CT molecular complexity index is 527. The van der Waals surface area contributed by atoms with Gasteiger partial charge in [-0.15, -0.1) is 0 Å². The Balaban J connectivity index is 3.38. The third-order valence-electron chi connectivity index (χ3n) is 2.11. The molecule has 0 heterocycles. The highest BCUT2D eigenvalue weighted by molar-refractivity contribution is 6.46. The molecular formula is C12H12ClFN2O2. The minimum atomic E-state index is -1.22. The van der Waals surface area contributed by atoms with Gasteiger partial charge >= 0.3 is 5.97 Å². The molecule has 0 bridgehead atoms. The van der Waals surface area contributed by atoms with E-state index in [-0.39, 0.29) is 21.9 Å². The standard InChI is InChI=1S/C12H12ClFN2O2/c1-2-16-11(10(13)6-15)7-3-8(12(17)18)5-9(14)4-7/h3-6H,2,15H2,1H3,(H,17,18). The van der Waals surface area contributed by atoms with E-state index in [2.05, 4.69) is 4.99 Å². The van der Waals surface area contributed by atoms with Gasteiger partial charge in [0.1, 0.15) is 5.82 Å². The van der Waals surface area contributed by atoms with Crippen molar-refractivity contribution in [3.05, 3.63) is 46.4 Å². The van der Waals surface area contributed by atoms with Crippen LogP contribution in [-0.2, 0) is 0 Å². The van der Waals surface area contributed by atoms with Crippen molar-refractivity contribution >= 4 is 23.3 Å². The summed E-state index contributed by atoms with van der Waals surface area (Å²) < 4.78 is 13.3. The van der Waals surface area contributed by atoms with Crippen LogP contribution in [0.1, 0.15) is 22.8 Å². The van der Waals surface area contributed by atoms with Gasteiger partial charge in [0.2, 0.25) is 0 Å². The Morgan fingerprint density at radius 3 is 2.61 bits per heavy atom. The third kappa shape index (κ3) is 3.30. The maximum absolute atomic E-state index is 13.3. The molecule has 1 rings (SSSR count). The highest BCUT2D eigenvalue weighted by atomic mass is 35.5. The highest BCUT2D eigenvalue weighted by Crippen LogP contribution is 2.16. The maximum Gasteiger partial charge on any atom is 0.335 e. The van der Waals surface area contributed by atoms with Crippen molar-refractivity contribution in [2.24, 2.45) is 10.7 Å². The average Bonchev–Trinajstić information content (AvgIpc) is 2.34. The smallest absolute Gasteiger partial charge is 0.335 e. The molecule has 0 radical (unpaired) electrons. The lowest BCUT2D eigenvalue weighted by atomic mass is 10.1. The molecule has 0 spiro atoms. The number of rotatable bonds is 4. The normalized spacial score (nSPS) is 12.6. The molecule has 0 saturated heterocycles. The lowest BCUT2D eigenvalue weighted by molar-refractivity contribution is 0.0696. The topological polar surface area (TPSA) is 75.7 Å². The first-order valence-electron chi connectivity index (χ1n) is 5.16. The molecule has 1 aromatic carbocycles. The van der Waals surface area contributed by atoms with Crippen LogP contribution in [0.25, 0.3) is 0 Å². The van der Waals surface area contributed by atoms with Gasteiger partial charge in [0.15, 0.2) is 0 Å². The van der Waals surface area contributed by atoms with Crippen molar-refractivity contribution in [1.82, 2.24) is 0 Å². The van der Waals surface area contributed by atoms with E-state index in [4.69, 9.17) is 22.4 Å². The van der Waals surface area contributed by atoms with E-state index in [1.165, 1.54) is 6.07 Å². The summed E-state index contributed by atoms with van der Waals surface area (Å²) in [5.41, 5.74) is 5.67. The van der Waals surface area contributed by atoms with Crippen LogP contribution in [0.4, 0.5) is 4.39 Å². The number of hydrogen-bond acceptors (Lipinski definition) is 3. The molecule has 3 N–H and O–H groups in total. The molecule has 0 aliphatic heterocycles. The monoisotopic (exact) mass is 270 g/mol. The number of nitrogens with zero attached hydrogens (tertiary/aromatic N) is 1. The lowest BCUT2D eigenvalue weighted by Gasteiger charge is -2.07. The van der Waals surface area contributed by atoms with Crippen molar-refractivity contribution in [2.45, 2.75) is 6.92 Å². The molecule has 96 valence electrons. The van der Waals surface area contributed by atoms with Crippen molar-refractivity contribution in [2.75, 3.05) is 6.54 Å². The number of carboxylic acids is 1. The fourth-order valence-electron chi connectivity index (χ4n) is 1.39. The summed E-state index contributed by atoms with van der Waals surface area (Å²) in [5.74, 6) is -1.89. The van der Waals surface area contributed by atoms with E-state index in [0.29, 0.717) is 6.54 Å². The van der Waals surface area contributed by atoms with Crippen LogP contribution >= 0.6 is 11.6 Å². The molecule has 6 heteroatoms. The van der Waals surface area contributed by atoms with E-state index < -0.39 is 11.8 Å². The van der Waals surface area contributed by atoms with E-state index >= 15 is 0 Å². The van der Waals surface area contributed by atoms with Crippen LogP contribution in [0.5, 0.6) is 0 Å². The molecule has 0 saturated carbocycles. The number of carbonyl (C=O) groups is 1. The summed E-state index contributed by atoms with van der Waals surface area (Å²) in [7, 11) is 0. The second kappa shape index (κ2) is 6.16. The first-order chi connectivity index (χ1) is 8.49. The molecule has 0 amide bonds. The summed E-state index contributed by atoms with van der Waals surface area (Å²) in [5, 5.41) is 9.00. The molecular weight excluding hydrogens is 259 g/mol. The first-order valence-corrected chi connectivity index (χ1v) is 5.53. The van der Waals surface area contributed by atoms with Crippen LogP contribution in [0, 0.1) is 5.82 Å². The van der Waals surface area contributed by atoms with Gasteiger partial charge in [-0.25, -0.2) is 9.18 Å². The van der Waals surface area contributed by atoms with Gasteiger partial charge in [-0.05, 0) is 25.1 Å². The van der Waals surface area contributed by atoms with Crippen LogP contribution in [-0.4, -0.2) is 23.3 Å². The number of halogens is 2. The van der Waals surface area contributed by atoms with Crippen molar-refractivity contribution in [1.29, 1.82) is 0 Å². The van der Waals surface area contributed by atoms with Gasteiger partial charge in [-0.2, -0.15) is 0 Å². The van der Waals surface area contributed by atoms with Crippen molar-refractivity contribution < 1.29 is 14.3 Å². The zero-order chi connectivity index (χ0) is 13.7. The Hall–Kier alpha value is -1.88. The largest absolute Gasteiger partial charge is 0.478 e. The predicted molar refractivity (Wildman–Crippen MR) is 68.6 cm³/mol. The summed E-state index contributed by atoms with van der Waals surface area (Å²) in [6.45, 7) is 2.19.